The SMILES string of the molecule is O=C(CNCC1CC1)Nc1cc([N+](=O)[O-])ccc1F. The number of carbonyl (C=O) groups excluding carboxylic acids is 1. The van der Waals surface area contributed by atoms with Gasteiger partial charge in [-0.2, -0.15) is 0 Å². The minimum Gasteiger partial charge on any atom is -0.322 e. The zero-order chi connectivity index (χ0) is 13.8. The van der Waals surface area contributed by atoms with Crippen LogP contribution in [0.5, 0.6) is 0 Å². The van der Waals surface area contributed by atoms with Crippen LogP contribution in [0.25, 0.3) is 0 Å². The van der Waals surface area contributed by atoms with E-state index in [1.54, 1.807) is 0 Å². The van der Waals surface area contributed by atoms with Gasteiger partial charge in [0.15, 0.2) is 0 Å². The number of nitro benzene ring substituents is 1. The van der Waals surface area contributed by atoms with Gasteiger partial charge in [0.2, 0.25) is 5.91 Å². The molecule has 0 saturated heterocycles. The van der Waals surface area contributed by atoms with Crippen LogP contribution in [0, 0.1) is 21.8 Å². The molecule has 2 rings (SSSR count). The minimum absolute atomic E-state index is 0.0681. The number of nitrogens with one attached hydrogen (secondary N) is 2. The van der Waals surface area contributed by atoms with E-state index in [1.165, 1.54) is 12.8 Å². The topological polar surface area (TPSA) is 84.3 Å². The second-order valence-corrected chi connectivity index (χ2v) is 4.54. The smallest absolute Gasteiger partial charge is 0.271 e. The molecule has 1 aliphatic carbocycles. The van der Waals surface area contributed by atoms with E-state index in [9.17, 15) is 19.3 Å². The van der Waals surface area contributed by atoms with Gasteiger partial charge < -0.3 is 10.6 Å². The van der Waals surface area contributed by atoms with Crippen LogP contribution in [0.4, 0.5) is 15.8 Å². The number of hydrogen-bond donors (Lipinski definition) is 2. The normalized spacial score (nSPS) is 14.2. The molecule has 1 aromatic carbocycles. The second kappa shape index (κ2) is 5.75. The standard InChI is InChI=1S/C12H14FN3O3/c13-10-4-3-9(16(18)19)5-11(10)15-12(17)7-14-6-8-1-2-8/h3-5,8,14H,1-2,6-7H2,(H,15,17). The molecule has 0 aromatic heterocycles. The van der Waals surface area contributed by atoms with Crippen molar-refractivity contribution in [1.29, 1.82) is 0 Å². The van der Waals surface area contributed by atoms with E-state index < -0.39 is 16.6 Å². The Balaban J connectivity index is 1.90. The second-order valence-electron chi connectivity index (χ2n) is 4.54. The van der Waals surface area contributed by atoms with Gasteiger partial charge >= 0.3 is 0 Å². The summed E-state index contributed by atoms with van der Waals surface area (Å²) >= 11 is 0. The molecule has 102 valence electrons. The van der Waals surface area contributed by atoms with Crippen LogP contribution in [0.2, 0.25) is 0 Å². The molecule has 1 fully saturated rings. The molecule has 0 radical (unpaired) electrons. The molecule has 0 atom stereocenters. The van der Waals surface area contributed by atoms with Gasteiger partial charge in [-0.15, -0.1) is 0 Å². The Kier molecular flexibility index (Phi) is 4.06. The maximum absolute atomic E-state index is 13.4. The predicted octanol–water partition coefficient (Wildman–Crippen LogP) is 1.67. The van der Waals surface area contributed by atoms with Gasteiger partial charge in [-0.1, -0.05) is 0 Å². The van der Waals surface area contributed by atoms with Gasteiger partial charge in [-0.25, -0.2) is 4.39 Å². The number of hydrogen-bond acceptors (Lipinski definition) is 4. The van der Waals surface area contributed by atoms with E-state index in [4.69, 9.17) is 0 Å². The first-order valence-electron chi connectivity index (χ1n) is 6.01. The lowest BCUT2D eigenvalue weighted by molar-refractivity contribution is -0.384. The Morgan fingerprint density at radius 2 is 2.21 bits per heavy atom. The lowest BCUT2D eigenvalue weighted by Crippen LogP contribution is -2.29. The third kappa shape index (κ3) is 3.99. The zero-order valence-electron chi connectivity index (χ0n) is 10.2. The van der Waals surface area contributed by atoms with E-state index in [-0.39, 0.29) is 17.9 Å². The number of rotatable bonds is 6. The fourth-order valence-corrected chi connectivity index (χ4v) is 1.63. The molecule has 0 heterocycles. The first kappa shape index (κ1) is 13.4. The summed E-state index contributed by atoms with van der Waals surface area (Å²) in [6, 6.07) is 3.02. The largest absolute Gasteiger partial charge is 0.322 e. The predicted molar refractivity (Wildman–Crippen MR) is 67.3 cm³/mol. The quantitative estimate of drug-likeness (QED) is 0.606. The Labute approximate surface area is 109 Å². The van der Waals surface area contributed by atoms with Gasteiger partial charge in [-0.3, -0.25) is 14.9 Å². The van der Waals surface area contributed by atoms with E-state index in [0.29, 0.717) is 5.92 Å². The lowest BCUT2D eigenvalue weighted by atomic mass is 10.2. The number of halogens is 1. The summed E-state index contributed by atoms with van der Waals surface area (Å²) in [5.41, 5.74) is -0.435. The van der Waals surface area contributed by atoms with Crippen LogP contribution in [-0.2, 0) is 4.79 Å². The molecule has 0 unspecified atom stereocenters. The average Bonchev–Trinajstić information content (AvgIpc) is 3.15. The zero-order valence-corrected chi connectivity index (χ0v) is 10.2. The highest BCUT2D eigenvalue weighted by molar-refractivity contribution is 5.92. The maximum atomic E-state index is 13.4. The molecule has 1 saturated carbocycles. The maximum Gasteiger partial charge on any atom is 0.271 e. The van der Waals surface area contributed by atoms with Crippen LogP contribution >= 0.6 is 0 Å². The molecule has 0 aliphatic heterocycles. The highest BCUT2D eigenvalue weighted by atomic mass is 19.1. The highest BCUT2D eigenvalue weighted by Gasteiger charge is 2.20. The Morgan fingerprint density at radius 1 is 1.47 bits per heavy atom. The number of benzene rings is 1. The van der Waals surface area contributed by atoms with Gasteiger partial charge in [0.05, 0.1) is 17.2 Å². The Hall–Kier alpha value is -2.02. The summed E-state index contributed by atoms with van der Waals surface area (Å²) in [4.78, 5) is 21.5. The molecule has 1 amide bonds. The Morgan fingerprint density at radius 3 is 2.84 bits per heavy atom. The first-order valence-corrected chi connectivity index (χ1v) is 6.01. The molecular formula is C12H14FN3O3. The van der Waals surface area contributed by atoms with Crippen molar-refractivity contribution in [1.82, 2.24) is 5.32 Å². The molecule has 19 heavy (non-hydrogen) atoms. The fraction of sp³-hybridized carbons (Fsp3) is 0.417. The third-order valence-electron chi connectivity index (χ3n) is 2.85. The number of anilines is 1. The van der Waals surface area contributed by atoms with Crippen molar-refractivity contribution in [3.63, 3.8) is 0 Å². The molecule has 6 nitrogen and oxygen atoms in total. The summed E-state index contributed by atoms with van der Waals surface area (Å²) in [5, 5.41) is 15.8. The average molecular weight is 267 g/mol. The van der Waals surface area contributed by atoms with Crippen LogP contribution in [0.3, 0.4) is 0 Å². The summed E-state index contributed by atoms with van der Waals surface area (Å²) in [6.07, 6.45) is 2.35. The monoisotopic (exact) mass is 267 g/mol. The molecule has 2 N–H and O–H groups in total. The van der Waals surface area contributed by atoms with Gasteiger partial charge in [-0.05, 0) is 31.4 Å². The number of nitrogens with zero attached hydrogens (tertiary/aromatic N) is 1. The summed E-state index contributed by atoms with van der Waals surface area (Å²) in [7, 11) is 0. The minimum atomic E-state index is -0.693. The van der Waals surface area contributed by atoms with Crippen molar-refractivity contribution in [2.24, 2.45) is 5.92 Å². The first-order chi connectivity index (χ1) is 9.06. The highest BCUT2D eigenvalue weighted by Crippen LogP contribution is 2.27. The van der Waals surface area contributed by atoms with E-state index in [2.05, 4.69) is 10.6 Å². The van der Waals surface area contributed by atoms with Crippen LogP contribution in [-0.4, -0.2) is 23.9 Å². The number of amides is 1. The van der Waals surface area contributed by atoms with Gasteiger partial charge in [0, 0.05) is 12.1 Å². The van der Waals surface area contributed by atoms with Crippen LogP contribution in [0.1, 0.15) is 12.8 Å². The van der Waals surface area contributed by atoms with Crippen molar-refractivity contribution in [2.75, 3.05) is 18.4 Å². The number of non-ortho nitro benzene ring substituents is 1. The third-order valence-corrected chi connectivity index (χ3v) is 2.85. The molecule has 1 aromatic rings. The lowest BCUT2D eigenvalue weighted by Gasteiger charge is -2.07. The Bertz CT molecular complexity index is 503. The number of carbonyl (C=O) groups is 1. The molecular weight excluding hydrogens is 253 g/mol. The van der Waals surface area contributed by atoms with E-state index >= 15 is 0 Å². The van der Waals surface area contributed by atoms with Crippen LogP contribution in [0.15, 0.2) is 18.2 Å². The van der Waals surface area contributed by atoms with Gasteiger partial charge in [0.25, 0.3) is 5.69 Å². The van der Waals surface area contributed by atoms with Crippen molar-refractivity contribution in [3.05, 3.63) is 34.1 Å². The van der Waals surface area contributed by atoms with E-state index in [0.717, 1.165) is 24.7 Å². The van der Waals surface area contributed by atoms with E-state index in [1.807, 2.05) is 0 Å². The fourth-order valence-electron chi connectivity index (χ4n) is 1.63. The van der Waals surface area contributed by atoms with Crippen molar-refractivity contribution >= 4 is 17.3 Å². The van der Waals surface area contributed by atoms with Crippen molar-refractivity contribution in [3.8, 4) is 0 Å². The molecule has 0 spiro atoms. The van der Waals surface area contributed by atoms with Crippen LogP contribution < -0.4 is 10.6 Å². The molecule has 0 bridgehead atoms. The van der Waals surface area contributed by atoms with Crippen molar-refractivity contribution < 1.29 is 14.1 Å². The number of nitro groups is 1. The summed E-state index contributed by atoms with van der Waals surface area (Å²) < 4.78 is 13.4. The molecule has 1 aliphatic rings. The summed E-state index contributed by atoms with van der Waals surface area (Å²) in [6.45, 7) is 0.837. The van der Waals surface area contributed by atoms with Crippen molar-refractivity contribution in [2.45, 2.75) is 12.8 Å². The van der Waals surface area contributed by atoms with Gasteiger partial charge in [0.1, 0.15) is 5.82 Å². The molecule has 7 heteroatoms. The summed E-state index contributed by atoms with van der Waals surface area (Å²) in [5.74, 6) is -0.469.